The second kappa shape index (κ2) is 6.54. The fourth-order valence-corrected chi connectivity index (χ4v) is 4.33. The standard InChI is InChI=1S/C14H14BrClN4OS/c1-7(17)5-9-10(15)11-12(22-9)13(20-14(16)19-11)18-6-8-3-2-4-21-8/h2-4,7H,5-6,17H2,1H3,(H,18,19,20). The highest BCUT2D eigenvalue weighted by atomic mass is 79.9. The Labute approximate surface area is 145 Å². The number of nitrogens with two attached hydrogens (primary N) is 1. The summed E-state index contributed by atoms with van der Waals surface area (Å²) in [4.78, 5) is 9.76. The van der Waals surface area contributed by atoms with Gasteiger partial charge in [0.2, 0.25) is 5.28 Å². The average molecular weight is 402 g/mol. The Hall–Kier alpha value is -1.15. The number of aromatic nitrogens is 2. The molecule has 0 saturated carbocycles. The number of fused-ring (bicyclic) bond motifs is 1. The molecule has 0 bridgehead atoms. The van der Waals surface area contributed by atoms with Crippen molar-refractivity contribution in [3.63, 3.8) is 0 Å². The van der Waals surface area contributed by atoms with E-state index in [-0.39, 0.29) is 11.3 Å². The van der Waals surface area contributed by atoms with E-state index >= 15 is 0 Å². The minimum Gasteiger partial charge on any atom is -0.467 e. The molecule has 0 aliphatic rings. The molecule has 0 aromatic carbocycles. The van der Waals surface area contributed by atoms with Crippen LogP contribution in [0.4, 0.5) is 5.82 Å². The molecule has 0 fully saturated rings. The van der Waals surface area contributed by atoms with E-state index in [0.29, 0.717) is 12.4 Å². The topological polar surface area (TPSA) is 77.0 Å². The van der Waals surface area contributed by atoms with E-state index in [0.717, 1.165) is 31.7 Å². The average Bonchev–Trinajstić information content (AvgIpc) is 3.07. The molecule has 116 valence electrons. The Morgan fingerprint density at radius 1 is 1.50 bits per heavy atom. The summed E-state index contributed by atoms with van der Waals surface area (Å²) in [6, 6.07) is 3.83. The summed E-state index contributed by atoms with van der Waals surface area (Å²) in [6.45, 7) is 2.51. The van der Waals surface area contributed by atoms with E-state index in [1.807, 2.05) is 19.1 Å². The van der Waals surface area contributed by atoms with Crippen LogP contribution in [0.25, 0.3) is 10.2 Å². The molecule has 0 spiro atoms. The highest BCUT2D eigenvalue weighted by molar-refractivity contribution is 9.10. The van der Waals surface area contributed by atoms with Gasteiger partial charge in [0.15, 0.2) is 0 Å². The molecule has 3 rings (SSSR count). The van der Waals surface area contributed by atoms with Crippen molar-refractivity contribution in [2.24, 2.45) is 5.73 Å². The summed E-state index contributed by atoms with van der Waals surface area (Å²) in [5, 5.41) is 3.46. The lowest BCUT2D eigenvalue weighted by atomic mass is 10.2. The van der Waals surface area contributed by atoms with Crippen LogP contribution >= 0.6 is 38.9 Å². The molecule has 0 saturated heterocycles. The maximum absolute atomic E-state index is 6.04. The summed E-state index contributed by atoms with van der Waals surface area (Å²) in [5.74, 6) is 1.53. The summed E-state index contributed by atoms with van der Waals surface area (Å²) in [5.41, 5.74) is 6.71. The predicted molar refractivity (Wildman–Crippen MR) is 93.5 cm³/mol. The molecule has 1 unspecified atom stereocenters. The minimum atomic E-state index is 0.0762. The SMILES string of the molecule is CC(N)Cc1sc2c(NCc3ccco3)nc(Cl)nc2c1Br. The van der Waals surface area contributed by atoms with Crippen molar-refractivity contribution in [3.8, 4) is 0 Å². The Bertz CT molecular complexity index is 788. The maximum atomic E-state index is 6.04. The van der Waals surface area contributed by atoms with Crippen LogP contribution in [0.5, 0.6) is 0 Å². The lowest BCUT2D eigenvalue weighted by molar-refractivity contribution is 0.518. The first-order chi connectivity index (χ1) is 10.5. The molecular weight excluding hydrogens is 388 g/mol. The molecular formula is C14H14BrClN4OS. The van der Waals surface area contributed by atoms with Crippen LogP contribution in [0.1, 0.15) is 17.6 Å². The molecule has 0 radical (unpaired) electrons. The van der Waals surface area contributed by atoms with Crippen molar-refractivity contribution in [1.29, 1.82) is 0 Å². The third-order valence-electron chi connectivity index (χ3n) is 3.03. The number of anilines is 1. The van der Waals surface area contributed by atoms with E-state index in [9.17, 15) is 0 Å². The molecule has 0 aliphatic carbocycles. The van der Waals surface area contributed by atoms with Gasteiger partial charge in [-0.1, -0.05) is 0 Å². The van der Waals surface area contributed by atoms with Crippen LogP contribution in [-0.4, -0.2) is 16.0 Å². The fourth-order valence-electron chi connectivity index (χ4n) is 2.10. The lowest BCUT2D eigenvalue weighted by Gasteiger charge is -2.05. The molecule has 3 heterocycles. The summed E-state index contributed by atoms with van der Waals surface area (Å²) in [7, 11) is 0. The van der Waals surface area contributed by atoms with Crippen LogP contribution < -0.4 is 11.1 Å². The molecule has 5 nitrogen and oxygen atoms in total. The first kappa shape index (κ1) is 15.7. The van der Waals surface area contributed by atoms with Gasteiger partial charge >= 0.3 is 0 Å². The summed E-state index contributed by atoms with van der Waals surface area (Å²) in [6.07, 6.45) is 2.42. The zero-order valence-electron chi connectivity index (χ0n) is 11.8. The summed E-state index contributed by atoms with van der Waals surface area (Å²) >= 11 is 11.3. The molecule has 1 atom stereocenters. The van der Waals surface area contributed by atoms with E-state index < -0.39 is 0 Å². The fraction of sp³-hybridized carbons (Fsp3) is 0.286. The number of nitrogens with zero attached hydrogens (tertiary/aromatic N) is 2. The van der Waals surface area contributed by atoms with Crippen molar-refractivity contribution >= 4 is 54.9 Å². The van der Waals surface area contributed by atoms with E-state index in [1.54, 1.807) is 17.6 Å². The Balaban J connectivity index is 1.98. The van der Waals surface area contributed by atoms with Crippen molar-refractivity contribution in [3.05, 3.63) is 38.8 Å². The zero-order chi connectivity index (χ0) is 15.7. The van der Waals surface area contributed by atoms with E-state index in [1.165, 1.54) is 0 Å². The first-order valence-electron chi connectivity index (χ1n) is 6.71. The van der Waals surface area contributed by atoms with Gasteiger partial charge in [-0.2, -0.15) is 4.98 Å². The third-order valence-corrected chi connectivity index (χ3v) is 5.53. The minimum absolute atomic E-state index is 0.0762. The van der Waals surface area contributed by atoms with Gasteiger partial charge in [0, 0.05) is 10.9 Å². The van der Waals surface area contributed by atoms with Crippen molar-refractivity contribution in [1.82, 2.24) is 9.97 Å². The van der Waals surface area contributed by atoms with Gasteiger partial charge in [-0.3, -0.25) is 0 Å². The largest absolute Gasteiger partial charge is 0.467 e. The third kappa shape index (κ3) is 3.27. The van der Waals surface area contributed by atoms with Crippen LogP contribution in [0.3, 0.4) is 0 Å². The second-order valence-electron chi connectivity index (χ2n) is 4.97. The number of hydrogen-bond acceptors (Lipinski definition) is 6. The van der Waals surface area contributed by atoms with Gasteiger partial charge in [-0.15, -0.1) is 11.3 Å². The highest BCUT2D eigenvalue weighted by Crippen LogP contribution is 2.39. The Kier molecular flexibility index (Phi) is 4.67. The number of furan rings is 1. The molecule has 3 N–H and O–H groups in total. The smallest absolute Gasteiger partial charge is 0.225 e. The predicted octanol–water partition coefficient (Wildman–Crippen LogP) is 4.20. The van der Waals surface area contributed by atoms with Gasteiger partial charge in [0.05, 0.1) is 22.0 Å². The maximum Gasteiger partial charge on any atom is 0.225 e. The van der Waals surface area contributed by atoms with Crippen LogP contribution in [0.15, 0.2) is 27.3 Å². The second-order valence-corrected chi connectivity index (χ2v) is 7.21. The molecule has 0 aliphatic heterocycles. The highest BCUT2D eigenvalue weighted by Gasteiger charge is 2.17. The number of hydrogen-bond donors (Lipinski definition) is 2. The number of nitrogens with one attached hydrogen (secondary N) is 1. The molecule has 3 aromatic heterocycles. The van der Waals surface area contributed by atoms with Crippen LogP contribution in [0.2, 0.25) is 5.28 Å². The normalized spacial score (nSPS) is 12.7. The van der Waals surface area contributed by atoms with E-state index in [4.69, 9.17) is 21.8 Å². The zero-order valence-corrected chi connectivity index (χ0v) is 14.9. The molecule has 3 aromatic rings. The first-order valence-corrected chi connectivity index (χ1v) is 8.69. The van der Waals surface area contributed by atoms with Gasteiger partial charge < -0.3 is 15.5 Å². The van der Waals surface area contributed by atoms with Gasteiger partial charge in [-0.05, 0) is 53.0 Å². The number of thiophene rings is 1. The lowest BCUT2D eigenvalue weighted by Crippen LogP contribution is -2.17. The van der Waals surface area contributed by atoms with Crippen molar-refractivity contribution < 1.29 is 4.42 Å². The Morgan fingerprint density at radius 3 is 3.00 bits per heavy atom. The molecule has 0 amide bonds. The number of halogens is 2. The van der Waals surface area contributed by atoms with Crippen LogP contribution in [-0.2, 0) is 13.0 Å². The van der Waals surface area contributed by atoms with Crippen LogP contribution in [0, 0.1) is 0 Å². The quantitative estimate of drug-likeness (QED) is 0.626. The number of rotatable bonds is 5. The molecule has 8 heteroatoms. The van der Waals surface area contributed by atoms with Crippen molar-refractivity contribution in [2.45, 2.75) is 25.9 Å². The van der Waals surface area contributed by atoms with E-state index in [2.05, 4.69) is 31.2 Å². The van der Waals surface area contributed by atoms with Gasteiger partial charge in [-0.25, -0.2) is 4.98 Å². The summed E-state index contributed by atoms with van der Waals surface area (Å²) < 4.78 is 7.21. The Morgan fingerprint density at radius 2 is 2.32 bits per heavy atom. The monoisotopic (exact) mass is 400 g/mol. The van der Waals surface area contributed by atoms with Gasteiger partial charge in [0.1, 0.15) is 17.1 Å². The molecule has 22 heavy (non-hydrogen) atoms. The van der Waals surface area contributed by atoms with Crippen molar-refractivity contribution in [2.75, 3.05) is 5.32 Å². The van der Waals surface area contributed by atoms with Gasteiger partial charge in [0.25, 0.3) is 0 Å².